The van der Waals surface area contributed by atoms with Crippen LogP contribution in [0.4, 0.5) is 5.69 Å². The third-order valence-corrected chi connectivity index (χ3v) is 8.86. The molecule has 1 N–H and O–H groups in total. The van der Waals surface area contributed by atoms with Gasteiger partial charge in [-0.2, -0.15) is 0 Å². The number of nitrogens with zero attached hydrogens (tertiary/aromatic N) is 3. The fourth-order valence-electron chi connectivity index (χ4n) is 4.56. The maximum absolute atomic E-state index is 9.53. The Balaban J connectivity index is 0.000000482. The zero-order valence-electron chi connectivity index (χ0n) is 23.2. The number of aliphatic carboxylic acids is 2. The molecule has 2 aliphatic rings. The highest BCUT2D eigenvalue weighted by Gasteiger charge is 2.35. The predicted octanol–water partition coefficient (Wildman–Crippen LogP) is 2.82. The van der Waals surface area contributed by atoms with Crippen LogP contribution in [0, 0.1) is 0 Å². The largest absolute Gasteiger partial charge is 0.545 e. The fraction of sp³-hybridized carbons (Fsp3) is 0.433. The minimum absolute atomic E-state index is 0.110. The number of fused-ring (bicyclic) bond motifs is 1. The molecule has 2 aromatic rings. The SMILES string of the molecule is COc1ccc(CCOCCCN2CCC(N(C)[S+]3C=Nc4ccccc4C3)CC2)cc1.O=C([O-])/C=C/C(=O)O. The van der Waals surface area contributed by atoms with Gasteiger partial charge in [-0.25, -0.2) is 9.79 Å². The number of ether oxygens (including phenoxy) is 2. The summed E-state index contributed by atoms with van der Waals surface area (Å²) in [6.45, 7) is 5.14. The molecular formula is C30H39N3O6S. The maximum Gasteiger partial charge on any atom is 0.328 e. The van der Waals surface area contributed by atoms with E-state index >= 15 is 0 Å². The number of hydrogen-bond donors (Lipinski definition) is 1. The molecule has 2 heterocycles. The van der Waals surface area contributed by atoms with Crippen LogP contribution in [0.25, 0.3) is 0 Å². The second kappa shape index (κ2) is 16.8. The Morgan fingerprint density at radius 1 is 1.12 bits per heavy atom. The van der Waals surface area contributed by atoms with E-state index in [0.717, 1.165) is 49.8 Å². The van der Waals surface area contributed by atoms with Crippen molar-refractivity contribution in [2.24, 2.45) is 4.99 Å². The lowest BCUT2D eigenvalue weighted by molar-refractivity contribution is -0.297. The van der Waals surface area contributed by atoms with Crippen LogP contribution in [0.15, 0.2) is 65.7 Å². The lowest BCUT2D eigenvalue weighted by Crippen LogP contribution is -2.46. The Morgan fingerprint density at radius 2 is 1.85 bits per heavy atom. The number of carbonyl (C=O) groups is 2. The molecule has 0 bridgehead atoms. The third-order valence-electron chi connectivity index (χ3n) is 6.87. The number of carboxylic acids is 2. The predicted molar refractivity (Wildman–Crippen MR) is 157 cm³/mol. The first kappa shape index (κ1) is 31.3. The number of hydrogen-bond acceptors (Lipinski definition) is 8. The number of likely N-dealkylation sites (tertiary alicyclic amines) is 1. The van der Waals surface area contributed by atoms with Gasteiger partial charge in [0.25, 0.3) is 0 Å². The quantitative estimate of drug-likeness (QED) is 0.236. The first-order valence-corrected chi connectivity index (χ1v) is 14.9. The highest BCUT2D eigenvalue weighted by atomic mass is 32.2. The average molecular weight is 570 g/mol. The van der Waals surface area contributed by atoms with E-state index in [1.165, 1.54) is 37.1 Å². The molecule has 1 unspecified atom stereocenters. The van der Waals surface area contributed by atoms with Crippen molar-refractivity contribution in [3.8, 4) is 5.75 Å². The summed E-state index contributed by atoms with van der Waals surface area (Å²) >= 11 is 0.110. The summed E-state index contributed by atoms with van der Waals surface area (Å²) in [6, 6.07) is 17.5. The van der Waals surface area contributed by atoms with Gasteiger partial charge in [0.1, 0.15) is 16.8 Å². The Labute approximate surface area is 239 Å². The van der Waals surface area contributed by atoms with Crippen LogP contribution in [0.5, 0.6) is 5.75 Å². The Bertz CT molecular complexity index is 1120. The van der Waals surface area contributed by atoms with Gasteiger partial charge >= 0.3 is 5.97 Å². The summed E-state index contributed by atoms with van der Waals surface area (Å²) in [5.74, 6) is -0.798. The molecule has 0 saturated carbocycles. The second-order valence-electron chi connectivity index (χ2n) is 9.58. The highest BCUT2D eigenvalue weighted by molar-refractivity contribution is 8.06. The minimum Gasteiger partial charge on any atom is -0.545 e. The van der Waals surface area contributed by atoms with Crippen molar-refractivity contribution < 1.29 is 29.3 Å². The van der Waals surface area contributed by atoms with Gasteiger partial charge < -0.3 is 29.4 Å². The molecule has 40 heavy (non-hydrogen) atoms. The number of carboxylic acid groups (broad SMARTS) is 2. The number of rotatable bonds is 12. The molecule has 1 atom stereocenters. The summed E-state index contributed by atoms with van der Waals surface area (Å²) in [5, 5.41) is 17.2. The Kier molecular flexibility index (Phi) is 13.2. The zero-order valence-corrected chi connectivity index (χ0v) is 24.1. The van der Waals surface area contributed by atoms with Crippen molar-refractivity contribution in [2.45, 2.75) is 37.5 Å². The molecule has 4 rings (SSSR count). The van der Waals surface area contributed by atoms with E-state index in [4.69, 9.17) is 19.6 Å². The van der Waals surface area contributed by atoms with Crippen LogP contribution < -0.4 is 9.84 Å². The molecule has 0 aliphatic carbocycles. The van der Waals surface area contributed by atoms with Gasteiger partial charge in [0, 0.05) is 31.8 Å². The van der Waals surface area contributed by atoms with Gasteiger partial charge in [-0.3, -0.25) is 0 Å². The van der Waals surface area contributed by atoms with Gasteiger partial charge in [0.2, 0.25) is 5.55 Å². The minimum atomic E-state index is -1.51. The monoisotopic (exact) mass is 569 g/mol. The molecule has 9 nitrogen and oxygen atoms in total. The smallest absolute Gasteiger partial charge is 0.328 e. The van der Waals surface area contributed by atoms with Crippen LogP contribution in [0.1, 0.15) is 30.4 Å². The average Bonchev–Trinajstić information content (AvgIpc) is 2.98. The topological polar surface area (TPSA) is 115 Å². The number of carbonyl (C=O) groups excluding carboxylic acids is 1. The normalized spacial score (nSPS) is 17.3. The van der Waals surface area contributed by atoms with E-state index in [1.54, 1.807) is 7.11 Å². The molecule has 2 aliphatic heterocycles. The van der Waals surface area contributed by atoms with Crippen molar-refractivity contribution in [3.05, 3.63) is 71.8 Å². The molecule has 2 aromatic carbocycles. The van der Waals surface area contributed by atoms with Crippen molar-refractivity contribution >= 4 is 34.3 Å². The van der Waals surface area contributed by atoms with E-state index in [0.29, 0.717) is 18.2 Å². The van der Waals surface area contributed by atoms with Crippen molar-refractivity contribution in [2.75, 3.05) is 47.0 Å². The summed E-state index contributed by atoms with van der Waals surface area (Å²) < 4.78 is 13.7. The van der Waals surface area contributed by atoms with Gasteiger partial charge in [-0.15, -0.1) is 4.31 Å². The zero-order chi connectivity index (χ0) is 28.7. The van der Waals surface area contributed by atoms with Crippen molar-refractivity contribution in [1.82, 2.24) is 9.21 Å². The van der Waals surface area contributed by atoms with Gasteiger partial charge in [-0.1, -0.05) is 30.3 Å². The summed E-state index contributed by atoms with van der Waals surface area (Å²) in [6.07, 6.45) is 5.49. The van der Waals surface area contributed by atoms with E-state index in [2.05, 4.69) is 58.2 Å². The molecule has 0 amide bonds. The van der Waals surface area contributed by atoms with Crippen LogP contribution in [-0.4, -0.2) is 84.8 Å². The van der Waals surface area contributed by atoms with Crippen LogP contribution in [0.2, 0.25) is 0 Å². The first-order chi connectivity index (χ1) is 19.4. The third kappa shape index (κ3) is 10.8. The van der Waals surface area contributed by atoms with Crippen LogP contribution in [0.3, 0.4) is 0 Å². The lowest BCUT2D eigenvalue weighted by Gasteiger charge is -2.35. The molecule has 0 radical (unpaired) electrons. The summed E-state index contributed by atoms with van der Waals surface area (Å²) in [5.41, 5.74) is 6.00. The van der Waals surface area contributed by atoms with E-state index < -0.39 is 11.9 Å². The van der Waals surface area contributed by atoms with E-state index in [-0.39, 0.29) is 11.1 Å². The lowest BCUT2D eigenvalue weighted by atomic mass is 10.1. The van der Waals surface area contributed by atoms with Gasteiger partial charge in [0.15, 0.2) is 5.75 Å². The summed E-state index contributed by atoms with van der Waals surface area (Å²) in [7, 11) is 3.99. The molecule has 10 heteroatoms. The van der Waals surface area contributed by atoms with E-state index in [9.17, 15) is 14.7 Å². The second-order valence-corrected chi connectivity index (χ2v) is 11.5. The van der Waals surface area contributed by atoms with Crippen molar-refractivity contribution in [1.29, 1.82) is 0 Å². The standard InChI is InChI=1S/C26H36N3O2S.C4H4O4/c1-28(32-20-23-6-3-4-7-26(23)27-21-32)24-12-16-29(17-13-24)15-5-18-31-19-14-22-8-10-25(30-2)11-9-22;5-3(6)1-2-4(7)8/h3-4,6-11,21,24H,5,12-20H2,1-2H3;1-2H,(H,5,6)(H,7,8)/q+1;/p-1/b;2-1+. The van der Waals surface area contributed by atoms with Crippen molar-refractivity contribution in [3.63, 3.8) is 0 Å². The number of methoxy groups -OCH3 is 1. The Hall–Kier alpha value is -3.18. The number of aliphatic imine (C=N–C) groups is 1. The maximum atomic E-state index is 9.53. The molecule has 216 valence electrons. The summed E-state index contributed by atoms with van der Waals surface area (Å²) in [4.78, 5) is 26.3. The van der Waals surface area contributed by atoms with Crippen LogP contribution in [-0.2, 0) is 37.6 Å². The Morgan fingerprint density at radius 3 is 2.50 bits per heavy atom. The fourth-order valence-corrected chi connectivity index (χ4v) is 6.38. The number of piperidine rings is 1. The molecular weight excluding hydrogens is 530 g/mol. The van der Waals surface area contributed by atoms with Gasteiger partial charge in [-0.05, 0) is 68.6 Å². The number of benzene rings is 2. The van der Waals surface area contributed by atoms with E-state index in [1.807, 2.05) is 12.1 Å². The highest BCUT2D eigenvalue weighted by Crippen LogP contribution is 2.29. The van der Waals surface area contributed by atoms with Gasteiger partial charge in [0.05, 0.1) is 31.4 Å². The molecule has 1 saturated heterocycles. The first-order valence-electron chi connectivity index (χ1n) is 13.5. The van der Waals surface area contributed by atoms with Crippen LogP contribution >= 0.6 is 0 Å². The number of para-hydroxylation sites is 1. The molecule has 0 spiro atoms. The molecule has 1 fully saturated rings. The molecule has 0 aromatic heterocycles.